The number of fused-ring (bicyclic) bond motifs is 1. The summed E-state index contributed by atoms with van der Waals surface area (Å²) in [6.07, 6.45) is 0. The van der Waals surface area contributed by atoms with Crippen LogP contribution >= 0.6 is 27.7 Å². The maximum Gasteiger partial charge on any atom is 0.316 e. The molecule has 3 rings (SSSR count). The van der Waals surface area contributed by atoms with Crippen molar-refractivity contribution in [1.82, 2.24) is 0 Å². The van der Waals surface area contributed by atoms with Gasteiger partial charge >= 0.3 is 5.97 Å². The lowest BCUT2D eigenvalue weighted by Crippen LogP contribution is -2.25. The lowest BCUT2D eigenvalue weighted by Gasteiger charge is -2.22. The van der Waals surface area contributed by atoms with E-state index in [0.717, 1.165) is 31.8 Å². The molecular weight excluding hydrogens is 400 g/mol. The topological polar surface area (TPSA) is 46.5 Å². The van der Waals surface area contributed by atoms with E-state index in [9.17, 15) is 9.90 Å². The van der Waals surface area contributed by atoms with Crippen molar-refractivity contribution in [2.45, 2.75) is 25.7 Å². The summed E-state index contributed by atoms with van der Waals surface area (Å²) in [5.41, 5.74) is 2.68. The summed E-state index contributed by atoms with van der Waals surface area (Å²) in [6, 6.07) is 12.9. The number of thioether (sulfide) groups is 1. The lowest BCUT2D eigenvalue weighted by molar-refractivity contribution is -0.143. The van der Waals surface area contributed by atoms with E-state index < -0.39 is 5.41 Å². The average molecular weight is 419 g/mol. The smallest absolute Gasteiger partial charge is 0.316 e. The summed E-state index contributed by atoms with van der Waals surface area (Å²) in [5, 5.41) is 9.52. The highest BCUT2D eigenvalue weighted by Crippen LogP contribution is 2.44. The van der Waals surface area contributed by atoms with Crippen molar-refractivity contribution in [3.63, 3.8) is 0 Å². The first kappa shape index (κ1) is 18.1. The second-order valence-corrected chi connectivity index (χ2v) is 8.89. The minimum absolute atomic E-state index is 0.246. The third kappa shape index (κ3) is 3.93. The first-order valence-electron chi connectivity index (χ1n) is 7.93. The molecule has 25 heavy (non-hydrogen) atoms. The summed E-state index contributed by atoms with van der Waals surface area (Å²) in [4.78, 5) is 13.2. The quantitative estimate of drug-likeness (QED) is 0.508. The molecule has 1 heterocycles. The van der Waals surface area contributed by atoms with Gasteiger partial charge in [-0.25, -0.2) is 0 Å². The number of halogens is 1. The van der Waals surface area contributed by atoms with Gasteiger partial charge in [0.05, 0.1) is 5.41 Å². The maximum atomic E-state index is 12.1. The van der Waals surface area contributed by atoms with Crippen molar-refractivity contribution in [3.05, 3.63) is 58.1 Å². The van der Waals surface area contributed by atoms with E-state index in [2.05, 4.69) is 15.9 Å². The molecular formula is C20H19BrO3S. The van der Waals surface area contributed by atoms with Crippen LogP contribution in [-0.2, 0) is 4.79 Å². The Kier molecular flexibility index (Phi) is 4.98. The summed E-state index contributed by atoms with van der Waals surface area (Å²) >= 11 is 5.38. The maximum absolute atomic E-state index is 12.1. The Morgan fingerprint density at radius 2 is 1.84 bits per heavy atom. The number of esters is 1. The Balaban J connectivity index is 1.96. The Hall–Kier alpha value is -1.72. The number of ether oxygens (including phenoxy) is 1. The van der Waals surface area contributed by atoms with E-state index in [1.807, 2.05) is 51.1 Å². The molecule has 1 aliphatic rings. The van der Waals surface area contributed by atoms with Gasteiger partial charge < -0.3 is 9.84 Å². The molecule has 1 N–H and O–H groups in total. The molecule has 3 nitrogen and oxygen atoms in total. The van der Waals surface area contributed by atoms with Crippen LogP contribution in [0.25, 0.3) is 5.57 Å². The number of phenolic OH excluding ortho intramolecular Hbond substituents is 1. The van der Waals surface area contributed by atoms with E-state index in [0.29, 0.717) is 5.75 Å². The largest absolute Gasteiger partial charge is 0.508 e. The molecule has 0 unspecified atom stereocenters. The fourth-order valence-corrected chi connectivity index (χ4v) is 4.19. The van der Waals surface area contributed by atoms with Gasteiger partial charge in [0.2, 0.25) is 0 Å². The van der Waals surface area contributed by atoms with Crippen LogP contribution in [0.15, 0.2) is 51.8 Å². The molecule has 1 aliphatic heterocycles. The Bertz CT molecular complexity index is 848. The predicted octanol–water partition coefficient (Wildman–Crippen LogP) is 5.60. The summed E-state index contributed by atoms with van der Waals surface area (Å²) < 4.78 is 6.62. The molecule has 0 bridgehead atoms. The molecule has 5 heteroatoms. The standard InChI is InChI=1S/C20H19BrO3S/c1-20(2,3)19(23)24-14-8-9-15-17(10-14)25-11-16(21)18(15)12-4-6-13(22)7-5-12/h4-10,22H,11H2,1-3H3. The Morgan fingerprint density at radius 3 is 2.48 bits per heavy atom. The summed E-state index contributed by atoms with van der Waals surface area (Å²) in [6.45, 7) is 5.52. The van der Waals surface area contributed by atoms with Crippen molar-refractivity contribution >= 4 is 39.2 Å². The van der Waals surface area contributed by atoms with E-state index in [1.165, 1.54) is 0 Å². The molecule has 0 radical (unpaired) electrons. The molecule has 2 aromatic rings. The van der Waals surface area contributed by atoms with Gasteiger partial charge in [-0.2, -0.15) is 0 Å². The number of hydrogen-bond acceptors (Lipinski definition) is 4. The zero-order valence-electron chi connectivity index (χ0n) is 14.3. The highest BCUT2D eigenvalue weighted by molar-refractivity contribution is 9.12. The fraction of sp³-hybridized carbons (Fsp3) is 0.250. The first-order valence-corrected chi connectivity index (χ1v) is 9.71. The highest BCUT2D eigenvalue weighted by atomic mass is 79.9. The third-order valence-electron chi connectivity index (χ3n) is 3.83. The Morgan fingerprint density at radius 1 is 1.16 bits per heavy atom. The normalized spacial score (nSPS) is 14.2. The molecule has 0 atom stereocenters. The van der Waals surface area contributed by atoms with E-state index in [-0.39, 0.29) is 11.7 Å². The SMILES string of the molecule is CC(C)(C)C(=O)Oc1ccc2c(c1)SCC(Br)=C2c1ccc(O)cc1. The van der Waals surface area contributed by atoms with Crippen LogP contribution < -0.4 is 4.74 Å². The molecule has 0 saturated heterocycles. The number of carbonyl (C=O) groups excluding carboxylic acids is 1. The average Bonchev–Trinajstić information content (AvgIpc) is 2.55. The van der Waals surface area contributed by atoms with Gasteiger partial charge in [-0.05, 0) is 62.2 Å². The number of aromatic hydroxyl groups is 1. The molecule has 130 valence electrons. The number of benzene rings is 2. The zero-order chi connectivity index (χ0) is 18.2. The van der Waals surface area contributed by atoms with Crippen LogP contribution in [0.5, 0.6) is 11.5 Å². The van der Waals surface area contributed by atoms with Gasteiger partial charge in [0, 0.05) is 20.7 Å². The zero-order valence-corrected chi connectivity index (χ0v) is 16.7. The van der Waals surface area contributed by atoms with Crippen LogP contribution in [0, 0.1) is 5.41 Å². The van der Waals surface area contributed by atoms with Gasteiger partial charge in [-0.15, -0.1) is 11.8 Å². The third-order valence-corrected chi connectivity index (χ3v) is 5.96. The van der Waals surface area contributed by atoms with E-state index >= 15 is 0 Å². The molecule has 0 spiro atoms. The first-order chi connectivity index (χ1) is 11.8. The molecule has 0 amide bonds. The highest BCUT2D eigenvalue weighted by Gasteiger charge is 2.25. The monoisotopic (exact) mass is 418 g/mol. The minimum atomic E-state index is -0.539. The van der Waals surface area contributed by atoms with Crippen LogP contribution in [0.2, 0.25) is 0 Å². The second kappa shape index (κ2) is 6.89. The van der Waals surface area contributed by atoms with Crippen molar-refractivity contribution in [3.8, 4) is 11.5 Å². The predicted molar refractivity (Wildman–Crippen MR) is 105 cm³/mol. The van der Waals surface area contributed by atoms with Crippen molar-refractivity contribution in [1.29, 1.82) is 0 Å². The van der Waals surface area contributed by atoms with Gasteiger partial charge in [-0.3, -0.25) is 4.79 Å². The van der Waals surface area contributed by atoms with E-state index in [1.54, 1.807) is 23.9 Å². The van der Waals surface area contributed by atoms with Crippen LogP contribution in [0.4, 0.5) is 0 Å². The van der Waals surface area contributed by atoms with Gasteiger partial charge in [0.25, 0.3) is 0 Å². The van der Waals surface area contributed by atoms with Crippen molar-refractivity contribution < 1.29 is 14.6 Å². The molecule has 0 aliphatic carbocycles. The number of rotatable bonds is 2. The summed E-state index contributed by atoms with van der Waals surface area (Å²) in [7, 11) is 0. The Labute approximate surface area is 160 Å². The second-order valence-electron chi connectivity index (χ2n) is 6.91. The fourth-order valence-electron chi connectivity index (χ4n) is 2.45. The van der Waals surface area contributed by atoms with Gasteiger partial charge in [0.15, 0.2) is 0 Å². The van der Waals surface area contributed by atoms with Crippen molar-refractivity contribution in [2.75, 3.05) is 5.75 Å². The minimum Gasteiger partial charge on any atom is -0.508 e. The number of phenols is 1. The molecule has 2 aromatic carbocycles. The number of carbonyl (C=O) groups is 1. The van der Waals surface area contributed by atoms with E-state index in [4.69, 9.17) is 4.74 Å². The van der Waals surface area contributed by atoms with Gasteiger partial charge in [0.1, 0.15) is 11.5 Å². The van der Waals surface area contributed by atoms with Crippen LogP contribution in [0.3, 0.4) is 0 Å². The molecule has 0 aromatic heterocycles. The molecule has 0 saturated carbocycles. The van der Waals surface area contributed by atoms with Crippen LogP contribution in [0.1, 0.15) is 31.9 Å². The van der Waals surface area contributed by atoms with Gasteiger partial charge in [-0.1, -0.05) is 28.1 Å². The van der Waals surface area contributed by atoms with Crippen molar-refractivity contribution in [2.24, 2.45) is 5.41 Å². The molecule has 0 fully saturated rings. The van der Waals surface area contributed by atoms with Crippen LogP contribution in [-0.4, -0.2) is 16.8 Å². The number of hydrogen-bond donors (Lipinski definition) is 1. The summed E-state index contributed by atoms with van der Waals surface area (Å²) in [5.74, 6) is 1.37. The lowest BCUT2D eigenvalue weighted by atomic mass is 9.96.